The van der Waals surface area contributed by atoms with Crippen molar-refractivity contribution in [3.63, 3.8) is 0 Å². The Morgan fingerprint density at radius 3 is 1.75 bits per heavy atom. The van der Waals surface area contributed by atoms with Crippen LogP contribution in [0.2, 0.25) is 0 Å². The van der Waals surface area contributed by atoms with Gasteiger partial charge in [0.05, 0.1) is 36.3 Å². The summed E-state index contributed by atoms with van der Waals surface area (Å²) in [6.45, 7) is 0.733. The molecule has 0 N–H and O–H groups in total. The second kappa shape index (κ2) is 6.04. The lowest BCUT2D eigenvalue weighted by Crippen LogP contribution is -2.38. The zero-order chi connectivity index (χ0) is 19.0. The molecule has 28 heavy (non-hydrogen) atoms. The van der Waals surface area contributed by atoms with E-state index in [0.29, 0.717) is 30.8 Å². The molecule has 0 radical (unpaired) electrons. The van der Waals surface area contributed by atoms with Crippen molar-refractivity contribution in [2.75, 3.05) is 13.2 Å². The van der Waals surface area contributed by atoms with Crippen LogP contribution >= 0.6 is 12.2 Å². The van der Waals surface area contributed by atoms with Crippen molar-refractivity contribution in [1.82, 2.24) is 9.13 Å². The second-order valence-electron chi connectivity index (χ2n) is 7.67. The Morgan fingerprint density at radius 2 is 1.29 bits per heavy atom. The van der Waals surface area contributed by atoms with E-state index in [1.165, 1.54) is 0 Å². The van der Waals surface area contributed by atoms with Crippen LogP contribution in [0.15, 0.2) is 24.3 Å². The van der Waals surface area contributed by atoms with E-state index in [2.05, 4.69) is 0 Å². The maximum Gasteiger partial charge on any atom is 0.218 e. The topological polar surface area (TPSA) is 80.9 Å². The van der Waals surface area contributed by atoms with E-state index < -0.39 is 12.6 Å². The van der Waals surface area contributed by atoms with Crippen LogP contribution in [0.5, 0.6) is 0 Å². The van der Waals surface area contributed by atoms with E-state index in [1.807, 2.05) is 33.4 Å². The van der Waals surface area contributed by atoms with Gasteiger partial charge in [-0.2, -0.15) is 0 Å². The Hall–Kier alpha value is -1.91. The number of rotatable bonds is 2. The number of benzene rings is 1. The van der Waals surface area contributed by atoms with Crippen LogP contribution < -0.4 is 0 Å². The molecule has 4 fully saturated rings. The van der Waals surface area contributed by atoms with Crippen molar-refractivity contribution in [3.05, 3.63) is 29.0 Å². The number of fused-ring (bicyclic) bond motifs is 5. The molecule has 4 aliphatic heterocycles. The summed E-state index contributed by atoms with van der Waals surface area (Å²) in [6.07, 6.45) is -1.32. The van der Waals surface area contributed by atoms with Gasteiger partial charge in [0.25, 0.3) is 0 Å². The standard InChI is InChI=1S/C19H18N2O6S/c22-13-5-11(15-7-24-17(13)26-15)20-9-3-1-2-4-10(9)21(19(20)28)12-6-14(23)18-25-8-16(12)27-18/h1-4,11-12,15-18H,5-8H2/t11-,12-,15-,16-,17-,18-/m0/s1. The van der Waals surface area contributed by atoms with Crippen molar-refractivity contribution in [2.45, 2.75) is 49.7 Å². The molecular formula is C19H18N2O6S. The molecule has 0 amide bonds. The molecule has 2 aromatic rings. The molecule has 0 spiro atoms. The van der Waals surface area contributed by atoms with E-state index in [4.69, 9.17) is 31.2 Å². The Morgan fingerprint density at radius 1 is 0.821 bits per heavy atom. The number of ketones is 2. The van der Waals surface area contributed by atoms with Gasteiger partial charge in [-0.15, -0.1) is 0 Å². The van der Waals surface area contributed by atoms with Gasteiger partial charge >= 0.3 is 0 Å². The number of hydrogen-bond donors (Lipinski definition) is 0. The molecular weight excluding hydrogens is 384 g/mol. The maximum absolute atomic E-state index is 12.4. The van der Waals surface area contributed by atoms with Crippen LogP contribution in [0.1, 0.15) is 24.9 Å². The van der Waals surface area contributed by atoms with Gasteiger partial charge in [0, 0.05) is 12.8 Å². The minimum Gasteiger partial charge on any atom is -0.343 e. The number of Topliss-reactive ketones (excluding diaryl/α,β-unsaturated/α-hetero) is 2. The van der Waals surface area contributed by atoms with Crippen molar-refractivity contribution in [1.29, 1.82) is 0 Å². The maximum atomic E-state index is 12.4. The SMILES string of the molecule is O=C1C[C@H](n2c(=S)n([C@H]3CC(=O)[C@H]4OC[C@@H]3O4)c3ccccc32)[C@@H]2CO[C@H]1O2. The molecule has 1 aromatic carbocycles. The molecule has 0 saturated carbocycles. The first kappa shape index (κ1) is 17.0. The highest BCUT2D eigenvalue weighted by atomic mass is 32.1. The lowest BCUT2D eigenvalue weighted by atomic mass is 10.0. The van der Waals surface area contributed by atoms with E-state index in [-0.39, 0.29) is 35.9 Å². The Labute approximate surface area is 164 Å². The Balaban J connectivity index is 1.52. The predicted molar refractivity (Wildman–Crippen MR) is 97.3 cm³/mol. The number of nitrogens with zero attached hydrogens (tertiary/aromatic N) is 2. The number of carbonyl (C=O) groups excluding carboxylic acids is 2. The fourth-order valence-electron chi connectivity index (χ4n) is 4.80. The van der Waals surface area contributed by atoms with Crippen molar-refractivity contribution < 1.29 is 28.5 Å². The minimum absolute atomic E-state index is 0.0688. The molecule has 5 heterocycles. The molecule has 8 nitrogen and oxygen atoms in total. The smallest absolute Gasteiger partial charge is 0.218 e. The summed E-state index contributed by atoms with van der Waals surface area (Å²) in [5.41, 5.74) is 1.82. The zero-order valence-corrected chi connectivity index (χ0v) is 15.7. The van der Waals surface area contributed by atoms with Crippen molar-refractivity contribution >= 4 is 34.8 Å². The van der Waals surface area contributed by atoms with Gasteiger partial charge in [0.1, 0.15) is 12.2 Å². The Kier molecular flexibility index (Phi) is 3.67. The molecule has 6 atom stereocenters. The van der Waals surface area contributed by atoms with Crippen LogP contribution in [-0.2, 0) is 28.5 Å². The summed E-state index contributed by atoms with van der Waals surface area (Å²) in [7, 11) is 0. The normalized spacial score (nSPS) is 37.1. The fraction of sp³-hybridized carbons (Fsp3) is 0.526. The minimum atomic E-state index is -0.749. The summed E-state index contributed by atoms with van der Waals surface area (Å²) >= 11 is 5.87. The highest BCUT2D eigenvalue weighted by Crippen LogP contribution is 2.39. The number of para-hydroxylation sites is 2. The predicted octanol–water partition coefficient (Wildman–Crippen LogP) is 1.68. The molecule has 9 heteroatoms. The second-order valence-corrected chi connectivity index (χ2v) is 8.03. The summed E-state index contributed by atoms with van der Waals surface area (Å²) in [5, 5.41) is 0. The molecule has 4 aliphatic rings. The zero-order valence-electron chi connectivity index (χ0n) is 14.9. The fourth-order valence-corrected chi connectivity index (χ4v) is 5.27. The van der Waals surface area contributed by atoms with E-state index in [1.54, 1.807) is 0 Å². The molecule has 4 bridgehead atoms. The highest BCUT2D eigenvalue weighted by molar-refractivity contribution is 7.71. The first-order valence-electron chi connectivity index (χ1n) is 9.43. The van der Waals surface area contributed by atoms with Gasteiger partial charge in [-0.3, -0.25) is 9.59 Å². The summed E-state index contributed by atoms with van der Waals surface area (Å²) in [6, 6.07) is 7.36. The van der Waals surface area contributed by atoms with E-state index >= 15 is 0 Å². The lowest BCUT2D eigenvalue weighted by Gasteiger charge is -2.29. The van der Waals surface area contributed by atoms with Crippen LogP contribution in [0.3, 0.4) is 0 Å². The number of imidazole rings is 1. The Bertz CT molecular complexity index is 980. The third kappa shape index (κ3) is 2.28. The first-order chi connectivity index (χ1) is 13.6. The molecule has 0 aliphatic carbocycles. The van der Waals surface area contributed by atoms with Gasteiger partial charge < -0.3 is 28.1 Å². The number of ether oxygens (including phenoxy) is 4. The van der Waals surface area contributed by atoms with E-state index in [0.717, 1.165) is 11.0 Å². The van der Waals surface area contributed by atoms with Crippen LogP contribution in [-0.4, -0.2) is 58.7 Å². The molecule has 1 aromatic heterocycles. The van der Waals surface area contributed by atoms with Gasteiger partial charge in [-0.1, -0.05) is 12.1 Å². The lowest BCUT2D eigenvalue weighted by molar-refractivity contribution is -0.156. The summed E-state index contributed by atoms with van der Waals surface area (Å²) < 4.78 is 27.0. The van der Waals surface area contributed by atoms with Crippen LogP contribution in [0.25, 0.3) is 11.0 Å². The average Bonchev–Trinajstić information content (AvgIpc) is 3.38. The average molecular weight is 402 g/mol. The van der Waals surface area contributed by atoms with Crippen LogP contribution in [0.4, 0.5) is 0 Å². The number of aromatic nitrogens is 2. The third-order valence-corrected chi connectivity index (χ3v) is 6.49. The molecule has 4 saturated heterocycles. The number of carbonyl (C=O) groups is 2. The third-order valence-electron chi connectivity index (χ3n) is 6.10. The van der Waals surface area contributed by atoms with Gasteiger partial charge in [-0.25, -0.2) is 0 Å². The molecule has 0 unspecified atom stereocenters. The van der Waals surface area contributed by atoms with Crippen molar-refractivity contribution in [2.24, 2.45) is 0 Å². The van der Waals surface area contributed by atoms with Gasteiger partial charge in [0.15, 0.2) is 16.3 Å². The summed E-state index contributed by atoms with van der Waals surface area (Å²) in [5.74, 6) is -0.138. The monoisotopic (exact) mass is 402 g/mol. The van der Waals surface area contributed by atoms with Crippen LogP contribution in [0, 0.1) is 4.77 Å². The van der Waals surface area contributed by atoms with Crippen molar-refractivity contribution in [3.8, 4) is 0 Å². The highest BCUT2D eigenvalue weighted by Gasteiger charge is 2.47. The molecule has 6 rings (SSSR count). The van der Waals surface area contributed by atoms with Gasteiger partial charge in [-0.05, 0) is 24.4 Å². The first-order valence-corrected chi connectivity index (χ1v) is 9.83. The van der Waals surface area contributed by atoms with E-state index in [9.17, 15) is 9.59 Å². The quantitative estimate of drug-likeness (QED) is 0.707. The molecule has 146 valence electrons. The number of hydrogen-bond acceptors (Lipinski definition) is 7. The summed E-state index contributed by atoms with van der Waals surface area (Å²) in [4.78, 5) is 24.7. The van der Waals surface area contributed by atoms with Gasteiger partial charge in [0.2, 0.25) is 12.6 Å². The largest absolute Gasteiger partial charge is 0.343 e.